The number of nitrogens with one attached hydrogen (secondary N) is 1. The first kappa shape index (κ1) is 18.6. The summed E-state index contributed by atoms with van der Waals surface area (Å²) in [4.78, 5) is 26.4. The van der Waals surface area contributed by atoms with Gasteiger partial charge in [0.1, 0.15) is 0 Å². The molecule has 0 aromatic heterocycles. The number of amides is 2. The maximum Gasteiger partial charge on any atom is 0.255 e. The molecule has 1 heterocycles. The number of hydrogen-bond acceptors (Lipinski definition) is 5. The van der Waals surface area contributed by atoms with Gasteiger partial charge in [0.2, 0.25) is 11.7 Å². The molecule has 2 amide bonds. The number of carbonyl (C=O) groups is 2. The van der Waals surface area contributed by atoms with E-state index in [1.807, 2.05) is 12.1 Å². The van der Waals surface area contributed by atoms with Gasteiger partial charge in [-0.3, -0.25) is 9.59 Å². The summed E-state index contributed by atoms with van der Waals surface area (Å²) in [5.74, 6) is 1.00. The highest BCUT2D eigenvalue weighted by Gasteiger charge is 2.22. The zero-order valence-corrected chi connectivity index (χ0v) is 15.6. The van der Waals surface area contributed by atoms with Gasteiger partial charge in [-0.1, -0.05) is 6.07 Å². The van der Waals surface area contributed by atoms with Crippen molar-refractivity contribution >= 4 is 23.2 Å². The Morgan fingerprint density at radius 1 is 1.04 bits per heavy atom. The minimum Gasteiger partial charge on any atom is -0.493 e. The lowest BCUT2D eigenvalue weighted by Crippen LogP contribution is -2.23. The van der Waals surface area contributed by atoms with Crippen molar-refractivity contribution in [1.29, 1.82) is 0 Å². The molecule has 0 spiro atoms. The summed E-state index contributed by atoms with van der Waals surface area (Å²) in [5.41, 5.74) is 1.75. The topological polar surface area (TPSA) is 77.1 Å². The molecule has 0 atom stereocenters. The molecule has 1 N–H and O–H groups in total. The summed E-state index contributed by atoms with van der Waals surface area (Å²) in [7, 11) is 4.50. The van der Waals surface area contributed by atoms with E-state index in [0.717, 1.165) is 12.1 Å². The zero-order valence-electron chi connectivity index (χ0n) is 15.6. The maximum absolute atomic E-state index is 12.7. The normalized spacial score (nSPS) is 13.4. The van der Waals surface area contributed by atoms with Crippen molar-refractivity contribution < 1.29 is 23.8 Å². The highest BCUT2D eigenvalue weighted by Crippen LogP contribution is 2.38. The maximum atomic E-state index is 12.7. The predicted octanol–water partition coefficient (Wildman–Crippen LogP) is 3.09. The lowest BCUT2D eigenvalue weighted by molar-refractivity contribution is -0.117. The molecule has 0 unspecified atom stereocenters. The van der Waals surface area contributed by atoms with E-state index in [-0.39, 0.29) is 11.8 Å². The van der Waals surface area contributed by atoms with Crippen LogP contribution in [0.3, 0.4) is 0 Å². The summed E-state index contributed by atoms with van der Waals surface area (Å²) in [6.45, 7) is 0.698. The second-order valence-corrected chi connectivity index (χ2v) is 6.07. The number of rotatable bonds is 6. The Hall–Kier alpha value is -3.22. The molecule has 7 heteroatoms. The van der Waals surface area contributed by atoms with Crippen LogP contribution in [0.1, 0.15) is 23.2 Å². The van der Waals surface area contributed by atoms with E-state index in [1.165, 1.54) is 21.3 Å². The van der Waals surface area contributed by atoms with E-state index >= 15 is 0 Å². The van der Waals surface area contributed by atoms with Crippen LogP contribution in [0.4, 0.5) is 11.4 Å². The Bertz CT molecular complexity index is 840. The second kappa shape index (κ2) is 7.99. The molecule has 0 aliphatic carbocycles. The Kier molecular flexibility index (Phi) is 5.49. The van der Waals surface area contributed by atoms with Crippen molar-refractivity contribution in [2.24, 2.45) is 0 Å². The third-order valence-electron chi connectivity index (χ3n) is 4.42. The summed E-state index contributed by atoms with van der Waals surface area (Å²) >= 11 is 0. The molecule has 142 valence electrons. The molecule has 1 saturated heterocycles. The average molecular weight is 370 g/mol. The molecule has 0 bridgehead atoms. The van der Waals surface area contributed by atoms with Crippen LogP contribution in [-0.4, -0.2) is 39.7 Å². The first-order chi connectivity index (χ1) is 13.1. The molecule has 0 radical (unpaired) electrons. The van der Waals surface area contributed by atoms with Crippen molar-refractivity contribution in [1.82, 2.24) is 0 Å². The minimum absolute atomic E-state index is 0.100. The summed E-state index contributed by atoms with van der Waals surface area (Å²) in [6.07, 6.45) is 1.41. The van der Waals surface area contributed by atoms with E-state index in [1.54, 1.807) is 29.2 Å². The molecule has 7 nitrogen and oxygen atoms in total. The Morgan fingerprint density at radius 3 is 2.30 bits per heavy atom. The van der Waals surface area contributed by atoms with Crippen LogP contribution in [0, 0.1) is 0 Å². The van der Waals surface area contributed by atoms with Gasteiger partial charge in [-0.25, -0.2) is 0 Å². The number of ether oxygens (including phenoxy) is 3. The standard InChI is InChI=1S/C20H22N2O5/c1-25-16-10-13(11-17(26-2)19(16)27-3)20(24)21-14-6-4-7-15(12-14)22-9-5-8-18(22)23/h4,6-7,10-12H,5,8-9H2,1-3H3,(H,21,24). The van der Waals surface area contributed by atoms with Crippen molar-refractivity contribution in [2.75, 3.05) is 38.1 Å². The number of benzene rings is 2. The fraction of sp³-hybridized carbons (Fsp3) is 0.300. The smallest absolute Gasteiger partial charge is 0.255 e. The molecule has 1 aliphatic rings. The number of nitrogens with zero attached hydrogens (tertiary/aromatic N) is 1. The minimum atomic E-state index is -0.320. The Labute approximate surface area is 157 Å². The second-order valence-electron chi connectivity index (χ2n) is 6.07. The number of hydrogen-bond donors (Lipinski definition) is 1. The summed E-state index contributed by atoms with van der Waals surface area (Å²) < 4.78 is 15.9. The molecule has 3 rings (SSSR count). The van der Waals surface area contributed by atoms with Crippen molar-refractivity contribution in [3.05, 3.63) is 42.0 Å². The molecular formula is C20H22N2O5. The van der Waals surface area contributed by atoms with Gasteiger partial charge in [0.05, 0.1) is 21.3 Å². The zero-order chi connectivity index (χ0) is 19.4. The lowest BCUT2D eigenvalue weighted by Gasteiger charge is -2.17. The SMILES string of the molecule is COc1cc(C(=O)Nc2cccc(N3CCCC3=O)c2)cc(OC)c1OC. The van der Waals surface area contributed by atoms with Gasteiger partial charge >= 0.3 is 0 Å². The molecule has 0 saturated carbocycles. The van der Waals surface area contributed by atoms with Crippen LogP contribution in [-0.2, 0) is 4.79 Å². The molecular weight excluding hydrogens is 348 g/mol. The quantitative estimate of drug-likeness (QED) is 0.846. The summed E-state index contributed by atoms with van der Waals surface area (Å²) in [6, 6.07) is 10.4. The van der Waals surface area contributed by atoms with Crippen molar-refractivity contribution in [2.45, 2.75) is 12.8 Å². The van der Waals surface area contributed by atoms with Crippen molar-refractivity contribution in [3.8, 4) is 17.2 Å². The Balaban J connectivity index is 1.84. The molecule has 1 aliphatic heterocycles. The highest BCUT2D eigenvalue weighted by molar-refractivity contribution is 6.05. The number of methoxy groups -OCH3 is 3. The fourth-order valence-electron chi connectivity index (χ4n) is 3.09. The fourth-order valence-corrected chi connectivity index (χ4v) is 3.09. The average Bonchev–Trinajstić information content (AvgIpc) is 3.12. The van der Waals surface area contributed by atoms with E-state index in [9.17, 15) is 9.59 Å². The van der Waals surface area contributed by atoms with E-state index in [2.05, 4.69) is 5.32 Å². The largest absolute Gasteiger partial charge is 0.493 e. The van der Waals surface area contributed by atoms with Gasteiger partial charge < -0.3 is 24.4 Å². The van der Waals surface area contributed by atoms with Crippen LogP contribution >= 0.6 is 0 Å². The van der Waals surface area contributed by atoms with Crippen molar-refractivity contribution in [3.63, 3.8) is 0 Å². The van der Waals surface area contributed by atoms with E-state index < -0.39 is 0 Å². The van der Waals surface area contributed by atoms with Gasteiger partial charge in [0, 0.05) is 29.9 Å². The van der Waals surface area contributed by atoms with Gasteiger partial charge in [-0.15, -0.1) is 0 Å². The third-order valence-corrected chi connectivity index (χ3v) is 4.42. The first-order valence-corrected chi connectivity index (χ1v) is 8.59. The molecule has 2 aromatic carbocycles. The van der Waals surface area contributed by atoms with E-state index in [0.29, 0.717) is 41.5 Å². The first-order valence-electron chi connectivity index (χ1n) is 8.59. The van der Waals surface area contributed by atoms with Crippen LogP contribution in [0.15, 0.2) is 36.4 Å². The number of anilines is 2. The van der Waals surface area contributed by atoms with Gasteiger partial charge in [0.25, 0.3) is 5.91 Å². The third kappa shape index (κ3) is 3.81. The van der Waals surface area contributed by atoms with Crippen LogP contribution in [0.5, 0.6) is 17.2 Å². The number of carbonyl (C=O) groups excluding carboxylic acids is 2. The molecule has 1 fully saturated rings. The Morgan fingerprint density at radius 2 is 1.74 bits per heavy atom. The van der Waals surface area contributed by atoms with E-state index in [4.69, 9.17) is 14.2 Å². The predicted molar refractivity (Wildman–Crippen MR) is 102 cm³/mol. The van der Waals surface area contributed by atoms with Crippen LogP contribution in [0.2, 0.25) is 0 Å². The van der Waals surface area contributed by atoms with Crippen LogP contribution in [0.25, 0.3) is 0 Å². The highest BCUT2D eigenvalue weighted by atomic mass is 16.5. The lowest BCUT2D eigenvalue weighted by atomic mass is 10.1. The summed E-state index contributed by atoms with van der Waals surface area (Å²) in [5, 5.41) is 2.85. The van der Waals surface area contributed by atoms with Crippen LogP contribution < -0.4 is 24.4 Å². The molecule has 2 aromatic rings. The monoisotopic (exact) mass is 370 g/mol. The molecule has 27 heavy (non-hydrogen) atoms. The van der Waals surface area contributed by atoms with Gasteiger partial charge in [-0.2, -0.15) is 0 Å². The van der Waals surface area contributed by atoms with Gasteiger partial charge in [-0.05, 0) is 36.8 Å². The van der Waals surface area contributed by atoms with Gasteiger partial charge in [0.15, 0.2) is 11.5 Å².